The second kappa shape index (κ2) is 8.96. The van der Waals surface area contributed by atoms with Crippen LogP contribution in [0.3, 0.4) is 0 Å². The van der Waals surface area contributed by atoms with Gasteiger partial charge in [-0.1, -0.05) is 11.3 Å². The summed E-state index contributed by atoms with van der Waals surface area (Å²) in [5.41, 5.74) is 2.41. The fraction of sp³-hybridized carbons (Fsp3) is 0.500. The number of nitrogens with zero attached hydrogens (tertiary/aromatic N) is 5. The van der Waals surface area contributed by atoms with Crippen LogP contribution in [0.2, 0.25) is 0 Å². The van der Waals surface area contributed by atoms with Gasteiger partial charge in [0.2, 0.25) is 0 Å². The van der Waals surface area contributed by atoms with E-state index in [9.17, 15) is 9.59 Å². The average molecular weight is 500 g/mol. The van der Waals surface area contributed by atoms with Crippen LogP contribution in [0.15, 0.2) is 16.7 Å². The number of amides is 2. The SMILES string of the molecule is O=C(O)N[C@H]1CCN(c2nc(C(=O)Nc3cc4sc(N5CCOCC5)nc4nc3C3CC3)co2)C1. The van der Waals surface area contributed by atoms with Gasteiger partial charge in [0.15, 0.2) is 16.5 Å². The molecule has 0 radical (unpaired) electrons. The van der Waals surface area contributed by atoms with Crippen molar-refractivity contribution in [3.05, 3.63) is 23.7 Å². The summed E-state index contributed by atoms with van der Waals surface area (Å²) in [6.07, 6.45) is 2.99. The second-order valence-electron chi connectivity index (χ2n) is 8.96. The van der Waals surface area contributed by atoms with E-state index in [1.54, 1.807) is 11.3 Å². The van der Waals surface area contributed by atoms with Gasteiger partial charge in [0, 0.05) is 32.1 Å². The van der Waals surface area contributed by atoms with Gasteiger partial charge in [0.25, 0.3) is 11.9 Å². The zero-order valence-electron chi connectivity index (χ0n) is 18.9. The molecule has 1 atom stereocenters. The molecule has 3 N–H and O–H groups in total. The van der Waals surface area contributed by atoms with E-state index in [0.717, 1.165) is 41.5 Å². The summed E-state index contributed by atoms with van der Waals surface area (Å²) in [6.45, 7) is 4.01. The van der Waals surface area contributed by atoms with Crippen LogP contribution in [0.1, 0.15) is 41.4 Å². The third-order valence-corrected chi connectivity index (χ3v) is 7.46. The lowest BCUT2D eigenvalue weighted by Gasteiger charge is -2.25. The maximum atomic E-state index is 13.0. The van der Waals surface area contributed by atoms with Gasteiger partial charge in [0.05, 0.1) is 35.3 Å². The van der Waals surface area contributed by atoms with E-state index in [2.05, 4.69) is 20.5 Å². The number of thiazole rings is 1. The number of nitrogens with one attached hydrogen (secondary N) is 2. The minimum absolute atomic E-state index is 0.162. The van der Waals surface area contributed by atoms with Crippen LogP contribution in [-0.4, -0.2) is 77.5 Å². The molecule has 0 aromatic carbocycles. The molecular weight excluding hydrogens is 474 g/mol. The number of hydrogen-bond donors (Lipinski definition) is 3. The summed E-state index contributed by atoms with van der Waals surface area (Å²) in [5, 5.41) is 15.3. The largest absolute Gasteiger partial charge is 0.465 e. The monoisotopic (exact) mass is 499 g/mol. The summed E-state index contributed by atoms with van der Waals surface area (Å²) < 4.78 is 11.9. The van der Waals surface area contributed by atoms with Crippen LogP contribution < -0.4 is 20.4 Å². The number of pyridine rings is 1. The van der Waals surface area contributed by atoms with Crippen LogP contribution in [0.4, 0.5) is 21.6 Å². The highest BCUT2D eigenvalue weighted by molar-refractivity contribution is 7.22. The molecule has 35 heavy (non-hydrogen) atoms. The number of oxazole rings is 1. The second-order valence-corrected chi connectivity index (χ2v) is 9.97. The van der Waals surface area contributed by atoms with Gasteiger partial charge in [-0.05, 0) is 25.3 Å². The third-order valence-electron chi connectivity index (χ3n) is 6.41. The molecule has 0 unspecified atom stereocenters. The number of anilines is 3. The highest BCUT2D eigenvalue weighted by Gasteiger charge is 2.31. The molecule has 2 amide bonds. The van der Waals surface area contributed by atoms with E-state index < -0.39 is 6.09 Å². The van der Waals surface area contributed by atoms with Crippen molar-refractivity contribution in [2.75, 3.05) is 54.5 Å². The molecule has 2 saturated heterocycles. The maximum Gasteiger partial charge on any atom is 0.404 e. The van der Waals surface area contributed by atoms with Crippen molar-refractivity contribution >= 4 is 50.5 Å². The first-order valence-corrected chi connectivity index (χ1v) is 12.5. The fourth-order valence-electron chi connectivity index (χ4n) is 4.45. The van der Waals surface area contributed by atoms with Gasteiger partial charge in [-0.15, -0.1) is 0 Å². The van der Waals surface area contributed by atoms with Crippen LogP contribution in [-0.2, 0) is 4.74 Å². The lowest BCUT2D eigenvalue weighted by Crippen LogP contribution is -2.36. The Morgan fingerprint density at radius 1 is 1.09 bits per heavy atom. The normalized spacial score (nSPS) is 20.4. The molecule has 1 aliphatic carbocycles. The molecule has 1 saturated carbocycles. The van der Waals surface area contributed by atoms with Crippen LogP contribution >= 0.6 is 11.3 Å². The minimum atomic E-state index is -1.06. The standard InChI is InChI=1S/C22H25N7O5S/c30-19(15-11-34-20(25-15)29-4-3-13(10-29)23-22(31)32)24-14-9-16-18(26-17(14)12-1-2-12)27-21(35-16)28-5-7-33-8-6-28/h9,11-13,23H,1-8,10H2,(H,24,30)(H,31,32)/t13-/m0/s1. The number of hydrogen-bond acceptors (Lipinski definition) is 10. The number of carbonyl (C=O) groups is 2. The zero-order valence-corrected chi connectivity index (χ0v) is 19.7. The van der Waals surface area contributed by atoms with Crippen molar-refractivity contribution in [1.82, 2.24) is 20.3 Å². The number of ether oxygens (including phenoxy) is 1. The number of carbonyl (C=O) groups excluding carboxylic acids is 1. The lowest BCUT2D eigenvalue weighted by molar-refractivity contribution is 0.102. The van der Waals surface area contributed by atoms with Gasteiger partial charge in [-0.3, -0.25) is 4.79 Å². The molecule has 3 fully saturated rings. The molecule has 3 aromatic rings. The van der Waals surface area contributed by atoms with Gasteiger partial charge in [0.1, 0.15) is 6.26 Å². The van der Waals surface area contributed by atoms with Crippen molar-refractivity contribution in [2.24, 2.45) is 0 Å². The molecule has 0 spiro atoms. The van der Waals surface area contributed by atoms with E-state index in [-0.39, 0.29) is 17.6 Å². The van der Waals surface area contributed by atoms with Crippen LogP contribution in [0.25, 0.3) is 10.3 Å². The summed E-state index contributed by atoms with van der Waals surface area (Å²) in [4.78, 5) is 41.8. The van der Waals surface area contributed by atoms with Crippen LogP contribution in [0.5, 0.6) is 0 Å². The Hall–Kier alpha value is -3.45. The molecule has 2 aliphatic heterocycles. The topological polar surface area (TPSA) is 146 Å². The minimum Gasteiger partial charge on any atom is -0.465 e. The van der Waals surface area contributed by atoms with Gasteiger partial charge in [-0.25, -0.2) is 9.78 Å². The first-order chi connectivity index (χ1) is 17.0. The Labute approximate surface area is 204 Å². The summed E-state index contributed by atoms with van der Waals surface area (Å²) in [5.74, 6) is -0.0558. The number of aromatic nitrogens is 3. The molecular formula is C22H25N7O5S. The number of rotatable bonds is 6. The van der Waals surface area contributed by atoms with Crippen molar-refractivity contribution in [3.63, 3.8) is 0 Å². The summed E-state index contributed by atoms with van der Waals surface area (Å²) in [7, 11) is 0. The quantitative estimate of drug-likeness (QED) is 0.462. The van der Waals surface area contributed by atoms with Crippen molar-refractivity contribution in [1.29, 1.82) is 0 Å². The molecule has 6 rings (SSSR count). The predicted molar refractivity (Wildman–Crippen MR) is 129 cm³/mol. The Morgan fingerprint density at radius 2 is 1.91 bits per heavy atom. The molecule has 5 heterocycles. The number of carboxylic acid groups (broad SMARTS) is 1. The Balaban J connectivity index is 1.20. The van der Waals surface area contributed by atoms with E-state index in [1.807, 2.05) is 11.0 Å². The van der Waals surface area contributed by atoms with Crippen molar-refractivity contribution in [3.8, 4) is 0 Å². The highest BCUT2D eigenvalue weighted by Crippen LogP contribution is 2.44. The smallest absolute Gasteiger partial charge is 0.404 e. The molecule has 12 nitrogen and oxygen atoms in total. The summed E-state index contributed by atoms with van der Waals surface area (Å²) >= 11 is 1.56. The van der Waals surface area contributed by atoms with Crippen molar-refractivity contribution < 1.29 is 23.8 Å². The Morgan fingerprint density at radius 3 is 2.69 bits per heavy atom. The maximum absolute atomic E-state index is 13.0. The Kier molecular flexibility index (Phi) is 5.65. The van der Waals surface area contributed by atoms with Gasteiger partial charge >= 0.3 is 6.09 Å². The van der Waals surface area contributed by atoms with E-state index in [4.69, 9.17) is 24.2 Å². The highest BCUT2D eigenvalue weighted by atomic mass is 32.1. The van der Waals surface area contributed by atoms with E-state index in [1.165, 1.54) is 6.26 Å². The van der Waals surface area contributed by atoms with E-state index >= 15 is 0 Å². The molecule has 3 aromatic heterocycles. The molecule has 0 bridgehead atoms. The molecule has 3 aliphatic rings. The molecule has 184 valence electrons. The first kappa shape index (κ1) is 22.0. The number of morpholine rings is 1. The first-order valence-electron chi connectivity index (χ1n) is 11.7. The zero-order chi connectivity index (χ0) is 23.9. The fourth-order valence-corrected chi connectivity index (χ4v) is 5.45. The van der Waals surface area contributed by atoms with Gasteiger partial charge in [-0.2, -0.15) is 9.97 Å². The lowest BCUT2D eigenvalue weighted by atomic mass is 10.2. The Bertz CT molecular complexity index is 1270. The molecule has 13 heteroatoms. The summed E-state index contributed by atoms with van der Waals surface area (Å²) in [6, 6.07) is 2.06. The van der Waals surface area contributed by atoms with Crippen molar-refractivity contribution in [2.45, 2.75) is 31.2 Å². The van der Waals surface area contributed by atoms with Gasteiger partial charge < -0.3 is 34.7 Å². The predicted octanol–water partition coefficient (Wildman–Crippen LogP) is 2.49. The van der Waals surface area contributed by atoms with Crippen LogP contribution in [0, 0.1) is 0 Å². The number of fused-ring (bicyclic) bond motifs is 1. The third kappa shape index (κ3) is 4.60. The average Bonchev–Trinajstić information content (AvgIpc) is 3.22. The van der Waals surface area contributed by atoms with E-state index in [0.29, 0.717) is 56.0 Å².